The standard InChI is InChI=1S/C9H11FN2O/c10-7-5-12(6-7)9(13)4-8-2-1-3-11-8/h1-3,7,11H,4-6H2. The van der Waals surface area contributed by atoms with E-state index in [4.69, 9.17) is 0 Å². The van der Waals surface area contributed by atoms with Gasteiger partial charge in [0.2, 0.25) is 5.91 Å². The summed E-state index contributed by atoms with van der Waals surface area (Å²) >= 11 is 0. The van der Waals surface area contributed by atoms with Crippen LogP contribution in [0.3, 0.4) is 0 Å². The smallest absolute Gasteiger partial charge is 0.228 e. The fraction of sp³-hybridized carbons (Fsp3) is 0.444. The number of aromatic nitrogens is 1. The molecule has 1 N–H and O–H groups in total. The summed E-state index contributed by atoms with van der Waals surface area (Å²) in [5.74, 6) is -0.00338. The van der Waals surface area contributed by atoms with Crippen molar-refractivity contribution in [2.45, 2.75) is 12.6 Å². The molecule has 1 saturated heterocycles. The molecule has 0 aromatic carbocycles. The Morgan fingerprint density at radius 1 is 1.69 bits per heavy atom. The van der Waals surface area contributed by atoms with Crippen LogP contribution in [0.5, 0.6) is 0 Å². The molecule has 1 aliphatic rings. The van der Waals surface area contributed by atoms with E-state index in [9.17, 15) is 9.18 Å². The molecule has 1 aromatic heterocycles. The van der Waals surface area contributed by atoms with Gasteiger partial charge in [-0.2, -0.15) is 0 Å². The first kappa shape index (κ1) is 8.29. The quantitative estimate of drug-likeness (QED) is 0.719. The molecule has 0 unspecified atom stereocenters. The highest BCUT2D eigenvalue weighted by atomic mass is 19.1. The lowest BCUT2D eigenvalue weighted by atomic mass is 10.1. The van der Waals surface area contributed by atoms with Crippen molar-refractivity contribution < 1.29 is 9.18 Å². The van der Waals surface area contributed by atoms with Crippen LogP contribution in [0.25, 0.3) is 0 Å². The Morgan fingerprint density at radius 3 is 3.00 bits per heavy atom. The third kappa shape index (κ3) is 1.71. The average molecular weight is 182 g/mol. The van der Waals surface area contributed by atoms with Gasteiger partial charge in [0.1, 0.15) is 6.17 Å². The maximum atomic E-state index is 12.4. The number of H-pyrrole nitrogens is 1. The van der Waals surface area contributed by atoms with Gasteiger partial charge in [-0.25, -0.2) is 4.39 Å². The number of hydrogen-bond acceptors (Lipinski definition) is 1. The minimum atomic E-state index is -0.812. The molecule has 2 heterocycles. The van der Waals surface area contributed by atoms with Crippen molar-refractivity contribution in [2.24, 2.45) is 0 Å². The lowest BCUT2D eigenvalue weighted by Crippen LogP contribution is -2.52. The molecule has 70 valence electrons. The topological polar surface area (TPSA) is 36.1 Å². The van der Waals surface area contributed by atoms with E-state index in [1.165, 1.54) is 4.90 Å². The van der Waals surface area contributed by atoms with Crippen LogP contribution in [0.2, 0.25) is 0 Å². The Kier molecular flexibility index (Phi) is 2.04. The number of halogens is 1. The molecule has 4 heteroatoms. The summed E-state index contributed by atoms with van der Waals surface area (Å²) in [6.45, 7) is 0.527. The van der Waals surface area contributed by atoms with E-state index in [1.807, 2.05) is 12.1 Å². The van der Waals surface area contributed by atoms with Gasteiger partial charge < -0.3 is 9.88 Å². The zero-order valence-corrected chi connectivity index (χ0v) is 7.16. The second-order valence-electron chi connectivity index (χ2n) is 3.27. The maximum Gasteiger partial charge on any atom is 0.228 e. The van der Waals surface area contributed by atoms with Crippen molar-refractivity contribution in [3.8, 4) is 0 Å². The molecule has 0 saturated carbocycles. The van der Waals surface area contributed by atoms with Gasteiger partial charge in [-0.15, -0.1) is 0 Å². The number of rotatable bonds is 2. The van der Waals surface area contributed by atoms with E-state index >= 15 is 0 Å². The molecule has 0 atom stereocenters. The molecule has 0 bridgehead atoms. The van der Waals surface area contributed by atoms with E-state index in [0.29, 0.717) is 6.42 Å². The molecule has 13 heavy (non-hydrogen) atoms. The Balaban J connectivity index is 1.86. The Hall–Kier alpha value is -1.32. The number of carbonyl (C=O) groups is 1. The summed E-state index contributed by atoms with van der Waals surface area (Å²) in [6.07, 6.45) is 1.31. The van der Waals surface area contributed by atoms with Crippen LogP contribution in [0, 0.1) is 0 Å². The first-order chi connectivity index (χ1) is 6.25. The molecular weight excluding hydrogens is 171 g/mol. The summed E-state index contributed by atoms with van der Waals surface area (Å²) in [4.78, 5) is 15.9. The number of alkyl halides is 1. The van der Waals surface area contributed by atoms with Crippen LogP contribution in [0.15, 0.2) is 18.3 Å². The number of nitrogens with zero attached hydrogens (tertiary/aromatic N) is 1. The van der Waals surface area contributed by atoms with Crippen LogP contribution >= 0.6 is 0 Å². The number of aromatic amines is 1. The lowest BCUT2D eigenvalue weighted by Gasteiger charge is -2.34. The minimum Gasteiger partial charge on any atom is -0.365 e. The van der Waals surface area contributed by atoms with Crippen LogP contribution < -0.4 is 0 Å². The van der Waals surface area contributed by atoms with Gasteiger partial charge >= 0.3 is 0 Å². The van der Waals surface area contributed by atoms with E-state index in [0.717, 1.165) is 5.69 Å². The summed E-state index contributed by atoms with van der Waals surface area (Å²) < 4.78 is 12.4. The predicted molar refractivity (Wildman–Crippen MR) is 46.0 cm³/mol. The normalized spacial score (nSPS) is 17.2. The minimum absolute atomic E-state index is 0.00338. The summed E-state index contributed by atoms with van der Waals surface area (Å²) in [5, 5.41) is 0. The second kappa shape index (κ2) is 3.20. The molecule has 0 aliphatic carbocycles. The predicted octanol–water partition coefficient (Wildman–Crippen LogP) is 0.738. The fourth-order valence-electron chi connectivity index (χ4n) is 1.38. The van der Waals surface area contributed by atoms with Crippen molar-refractivity contribution in [1.29, 1.82) is 0 Å². The van der Waals surface area contributed by atoms with Crippen LogP contribution in [0.1, 0.15) is 5.69 Å². The fourth-order valence-corrected chi connectivity index (χ4v) is 1.38. The highest BCUT2D eigenvalue weighted by Crippen LogP contribution is 2.12. The van der Waals surface area contributed by atoms with Crippen molar-refractivity contribution >= 4 is 5.91 Å². The first-order valence-electron chi connectivity index (χ1n) is 4.30. The molecular formula is C9H11FN2O. The average Bonchev–Trinajstić information content (AvgIpc) is 2.51. The Morgan fingerprint density at radius 2 is 2.46 bits per heavy atom. The number of nitrogens with one attached hydrogen (secondary N) is 1. The van der Waals surface area contributed by atoms with Gasteiger partial charge in [0.25, 0.3) is 0 Å². The zero-order chi connectivity index (χ0) is 9.26. The molecule has 1 fully saturated rings. The van der Waals surface area contributed by atoms with Gasteiger partial charge in [0, 0.05) is 11.9 Å². The van der Waals surface area contributed by atoms with Crippen LogP contribution in [0.4, 0.5) is 4.39 Å². The molecule has 1 aliphatic heterocycles. The van der Waals surface area contributed by atoms with Crippen molar-refractivity contribution in [1.82, 2.24) is 9.88 Å². The van der Waals surface area contributed by atoms with Crippen molar-refractivity contribution in [3.05, 3.63) is 24.0 Å². The SMILES string of the molecule is O=C(Cc1ccc[nH]1)N1CC(F)C1. The maximum absolute atomic E-state index is 12.4. The second-order valence-corrected chi connectivity index (χ2v) is 3.27. The van der Waals surface area contributed by atoms with Crippen LogP contribution in [-0.4, -0.2) is 35.1 Å². The summed E-state index contributed by atoms with van der Waals surface area (Å²) in [5.41, 5.74) is 0.882. The van der Waals surface area contributed by atoms with Gasteiger partial charge in [0.05, 0.1) is 19.5 Å². The molecule has 2 rings (SSSR count). The van der Waals surface area contributed by atoms with E-state index in [-0.39, 0.29) is 19.0 Å². The van der Waals surface area contributed by atoms with E-state index in [1.54, 1.807) is 6.20 Å². The first-order valence-corrected chi connectivity index (χ1v) is 4.30. The highest BCUT2D eigenvalue weighted by molar-refractivity contribution is 5.79. The molecule has 3 nitrogen and oxygen atoms in total. The molecule has 0 radical (unpaired) electrons. The number of likely N-dealkylation sites (tertiary alicyclic amines) is 1. The monoisotopic (exact) mass is 182 g/mol. The van der Waals surface area contributed by atoms with Gasteiger partial charge in [-0.1, -0.05) is 0 Å². The van der Waals surface area contributed by atoms with Crippen molar-refractivity contribution in [2.75, 3.05) is 13.1 Å². The zero-order valence-electron chi connectivity index (χ0n) is 7.16. The van der Waals surface area contributed by atoms with Gasteiger partial charge in [-0.3, -0.25) is 4.79 Å². The molecule has 1 amide bonds. The Labute approximate surface area is 75.5 Å². The molecule has 0 spiro atoms. The van der Waals surface area contributed by atoms with Crippen molar-refractivity contribution in [3.63, 3.8) is 0 Å². The largest absolute Gasteiger partial charge is 0.365 e. The molecule has 1 aromatic rings. The van der Waals surface area contributed by atoms with Gasteiger partial charge in [-0.05, 0) is 12.1 Å². The highest BCUT2D eigenvalue weighted by Gasteiger charge is 2.29. The third-order valence-corrected chi connectivity index (χ3v) is 2.19. The Bertz CT molecular complexity index is 291. The summed E-state index contributed by atoms with van der Waals surface area (Å²) in [6, 6.07) is 3.70. The van der Waals surface area contributed by atoms with E-state index < -0.39 is 6.17 Å². The number of carbonyl (C=O) groups excluding carboxylic acids is 1. The van der Waals surface area contributed by atoms with Crippen LogP contribution in [-0.2, 0) is 11.2 Å². The van der Waals surface area contributed by atoms with Gasteiger partial charge in [0.15, 0.2) is 0 Å². The number of hydrogen-bond donors (Lipinski definition) is 1. The third-order valence-electron chi connectivity index (χ3n) is 2.19. The summed E-state index contributed by atoms with van der Waals surface area (Å²) in [7, 11) is 0. The number of amides is 1. The van der Waals surface area contributed by atoms with E-state index in [2.05, 4.69) is 4.98 Å². The lowest BCUT2D eigenvalue weighted by molar-refractivity contribution is -0.137.